The van der Waals surface area contributed by atoms with Crippen molar-refractivity contribution in [3.05, 3.63) is 45.8 Å². The minimum absolute atomic E-state index is 0.101. The van der Waals surface area contributed by atoms with Gasteiger partial charge < -0.3 is 14.8 Å². The van der Waals surface area contributed by atoms with Crippen LogP contribution in [0, 0.1) is 0 Å². The Balaban J connectivity index is 1.70. The zero-order valence-corrected chi connectivity index (χ0v) is 15.9. The minimum atomic E-state index is -0.392. The minimum Gasteiger partial charge on any atom is -0.484 e. The number of thiophene rings is 1. The van der Waals surface area contributed by atoms with E-state index in [1.165, 1.54) is 23.3 Å². The van der Waals surface area contributed by atoms with Crippen molar-refractivity contribution in [2.45, 2.75) is 39.0 Å². The van der Waals surface area contributed by atoms with Gasteiger partial charge in [-0.1, -0.05) is 19.1 Å². The van der Waals surface area contributed by atoms with Crippen molar-refractivity contribution in [2.24, 2.45) is 0 Å². The average Bonchev–Trinajstić information content (AvgIpc) is 3.03. The van der Waals surface area contributed by atoms with Crippen LogP contribution in [-0.2, 0) is 28.8 Å². The summed E-state index contributed by atoms with van der Waals surface area (Å²) in [4.78, 5) is 25.7. The lowest BCUT2D eigenvalue weighted by Gasteiger charge is -2.12. The van der Waals surface area contributed by atoms with Crippen molar-refractivity contribution in [1.29, 1.82) is 0 Å². The van der Waals surface area contributed by atoms with Crippen molar-refractivity contribution in [2.75, 3.05) is 19.0 Å². The zero-order valence-electron chi connectivity index (χ0n) is 15.1. The molecule has 1 aliphatic rings. The molecule has 0 saturated heterocycles. The molecule has 0 fully saturated rings. The Labute approximate surface area is 157 Å². The Morgan fingerprint density at radius 3 is 2.81 bits per heavy atom. The lowest BCUT2D eigenvalue weighted by Crippen LogP contribution is -2.21. The summed E-state index contributed by atoms with van der Waals surface area (Å²) in [6.07, 6.45) is 4.87. The van der Waals surface area contributed by atoms with E-state index in [1.54, 1.807) is 0 Å². The largest absolute Gasteiger partial charge is 0.484 e. The maximum absolute atomic E-state index is 12.3. The van der Waals surface area contributed by atoms with Gasteiger partial charge in [0.15, 0.2) is 6.61 Å². The highest BCUT2D eigenvalue weighted by Crippen LogP contribution is 2.38. The van der Waals surface area contributed by atoms with Crippen molar-refractivity contribution < 1.29 is 19.1 Å². The van der Waals surface area contributed by atoms with Crippen molar-refractivity contribution >= 4 is 28.2 Å². The second-order valence-electron chi connectivity index (χ2n) is 6.24. The molecule has 2 aromatic rings. The first-order valence-corrected chi connectivity index (χ1v) is 9.68. The summed E-state index contributed by atoms with van der Waals surface area (Å²) in [6, 6.07) is 7.69. The molecule has 1 aromatic heterocycles. The monoisotopic (exact) mass is 373 g/mol. The fourth-order valence-corrected chi connectivity index (χ4v) is 4.43. The quantitative estimate of drug-likeness (QED) is 0.778. The summed E-state index contributed by atoms with van der Waals surface area (Å²) in [5.74, 6) is -0.00918. The molecule has 3 rings (SSSR count). The van der Waals surface area contributed by atoms with Crippen LogP contribution >= 0.6 is 11.3 Å². The lowest BCUT2D eigenvalue weighted by molar-refractivity contribution is -0.118. The van der Waals surface area contributed by atoms with Crippen molar-refractivity contribution in [1.82, 2.24) is 0 Å². The van der Waals surface area contributed by atoms with Crippen LogP contribution in [0.15, 0.2) is 24.3 Å². The molecular formula is C20H23NO4S. The molecule has 1 amide bonds. The molecule has 5 nitrogen and oxygen atoms in total. The summed E-state index contributed by atoms with van der Waals surface area (Å²) in [5.41, 5.74) is 2.69. The van der Waals surface area contributed by atoms with Crippen LogP contribution < -0.4 is 10.1 Å². The Kier molecular flexibility index (Phi) is 5.93. The Hall–Kier alpha value is -2.34. The highest BCUT2D eigenvalue weighted by atomic mass is 32.1. The van der Waals surface area contributed by atoms with Gasteiger partial charge in [-0.25, -0.2) is 4.79 Å². The Bertz CT molecular complexity index is 812. The van der Waals surface area contributed by atoms with E-state index < -0.39 is 5.97 Å². The van der Waals surface area contributed by atoms with Gasteiger partial charge >= 0.3 is 5.97 Å². The summed E-state index contributed by atoms with van der Waals surface area (Å²) < 4.78 is 10.5. The normalized spacial score (nSPS) is 13.0. The number of aryl methyl sites for hydroxylation is 2. The summed E-state index contributed by atoms with van der Waals surface area (Å²) in [6.45, 7) is 1.97. The van der Waals surface area contributed by atoms with E-state index in [0.717, 1.165) is 43.2 Å². The number of fused-ring (bicyclic) bond motifs is 1. The van der Waals surface area contributed by atoms with Crippen molar-refractivity contribution in [3.8, 4) is 5.75 Å². The first-order chi connectivity index (χ1) is 12.6. The molecule has 0 unspecified atom stereocenters. The van der Waals surface area contributed by atoms with E-state index >= 15 is 0 Å². The number of amides is 1. The third-order valence-electron chi connectivity index (χ3n) is 4.49. The number of hydrogen-bond donors (Lipinski definition) is 1. The molecule has 0 radical (unpaired) electrons. The predicted molar refractivity (Wildman–Crippen MR) is 102 cm³/mol. The molecule has 1 aromatic carbocycles. The molecular weight excluding hydrogens is 350 g/mol. The van der Waals surface area contributed by atoms with Gasteiger partial charge in [0, 0.05) is 4.88 Å². The highest BCUT2D eigenvalue weighted by molar-refractivity contribution is 7.17. The number of nitrogens with one attached hydrogen (secondary N) is 1. The van der Waals surface area contributed by atoms with E-state index in [-0.39, 0.29) is 12.5 Å². The number of anilines is 1. The van der Waals surface area contributed by atoms with Crippen LogP contribution in [0.3, 0.4) is 0 Å². The van der Waals surface area contributed by atoms with Gasteiger partial charge in [-0.05, 0) is 55.4 Å². The van der Waals surface area contributed by atoms with Crippen LogP contribution in [0.25, 0.3) is 0 Å². The van der Waals surface area contributed by atoms with Crippen LogP contribution in [0.2, 0.25) is 0 Å². The van der Waals surface area contributed by atoms with E-state index in [2.05, 4.69) is 12.2 Å². The third kappa shape index (κ3) is 4.07. The molecule has 1 N–H and O–H groups in total. The number of rotatable bonds is 6. The second-order valence-corrected chi connectivity index (χ2v) is 7.35. The van der Waals surface area contributed by atoms with Gasteiger partial charge in [0.25, 0.3) is 5.91 Å². The molecule has 0 atom stereocenters. The van der Waals surface area contributed by atoms with Crippen LogP contribution in [0.1, 0.15) is 46.1 Å². The molecule has 0 bridgehead atoms. The fraction of sp³-hybridized carbons (Fsp3) is 0.400. The number of ether oxygens (including phenoxy) is 2. The van der Waals surface area contributed by atoms with E-state index in [0.29, 0.717) is 16.3 Å². The summed E-state index contributed by atoms with van der Waals surface area (Å²) >= 11 is 1.47. The molecule has 1 heterocycles. The number of hydrogen-bond acceptors (Lipinski definition) is 5. The predicted octanol–water partition coefficient (Wildman–Crippen LogP) is 3.99. The van der Waals surface area contributed by atoms with Crippen LogP contribution in [-0.4, -0.2) is 25.6 Å². The van der Waals surface area contributed by atoms with E-state index in [4.69, 9.17) is 9.47 Å². The highest BCUT2D eigenvalue weighted by Gasteiger charge is 2.26. The lowest BCUT2D eigenvalue weighted by atomic mass is 9.95. The van der Waals surface area contributed by atoms with Crippen LogP contribution in [0.4, 0.5) is 5.00 Å². The molecule has 0 saturated carbocycles. The van der Waals surface area contributed by atoms with E-state index in [1.807, 2.05) is 24.3 Å². The number of benzene rings is 1. The van der Waals surface area contributed by atoms with E-state index in [9.17, 15) is 9.59 Å². The third-order valence-corrected chi connectivity index (χ3v) is 5.70. The molecule has 1 aliphatic carbocycles. The standard InChI is InChI=1S/C20H23NO4S/c1-3-13-7-6-8-14(11-13)25-12-17(22)21-19-18(20(23)24-2)15-9-4-5-10-16(15)26-19/h6-8,11H,3-5,9-10,12H2,1-2H3,(H,21,22). The molecule has 26 heavy (non-hydrogen) atoms. The van der Waals surface area contributed by atoms with Gasteiger partial charge in [0.05, 0.1) is 12.7 Å². The maximum Gasteiger partial charge on any atom is 0.341 e. The SMILES string of the molecule is CCc1cccc(OCC(=O)Nc2sc3c(c2C(=O)OC)CCCC3)c1. The number of methoxy groups -OCH3 is 1. The summed E-state index contributed by atoms with van der Waals surface area (Å²) in [7, 11) is 1.37. The Morgan fingerprint density at radius 1 is 1.23 bits per heavy atom. The number of carbonyl (C=O) groups is 2. The number of carbonyl (C=O) groups excluding carboxylic acids is 2. The van der Waals surface area contributed by atoms with Gasteiger partial charge in [0.2, 0.25) is 0 Å². The zero-order chi connectivity index (χ0) is 18.5. The topological polar surface area (TPSA) is 64.6 Å². The molecule has 0 aliphatic heterocycles. The summed E-state index contributed by atoms with van der Waals surface area (Å²) in [5, 5.41) is 3.40. The number of esters is 1. The van der Waals surface area contributed by atoms with Crippen LogP contribution in [0.5, 0.6) is 5.75 Å². The molecule has 6 heteroatoms. The Morgan fingerprint density at radius 2 is 2.04 bits per heavy atom. The first kappa shape index (κ1) is 18.5. The first-order valence-electron chi connectivity index (χ1n) is 8.86. The smallest absolute Gasteiger partial charge is 0.341 e. The maximum atomic E-state index is 12.3. The van der Waals surface area contributed by atoms with Gasteiger partial charge in [0.1, 0.15) is 10.8 Å². The average molecular weight is 373 g/mol. The fourth-order valence-electron chi connectivity index (χ4n) is 3.14. The second kappa shape index (κ2) is 8.36. The molecule has 138 valence electrons. The molecule has 0 spiro atoms. The van der Waals surface area contributed by atoms with Gasteiger partial charge in [-0.2, -0.15) is 0 Å². The van der Waals surface area contributed by atoms with Gasteiger partial charge in [-0.15, -0.1) is 11.3 Å². The van der Waals surface area contributed by atoms with Gasteiger partial charge in [-0.3, -0.25) is 4.79 Å². The van der Waals surface area contributed by atoms with Crippen molar-refractivity contribution in [3.63, 3.8) is 0 Å².